The topological polar surface area (TPSA) is 59.6 Å². The molecule has 0 spiro atoms. The molecule has 1 unspecified atom stereocenters. The maximum Gasteiger partial charge on any atom is 0.197 e. The summed E-state index contributed by atoms with van der Waals surface area (Å²) in [5.41, 5.74) is 5.57. The second-order valence-corrected chi connectivity index (χ2v) is 3.55. The van der Waals surface area contributed by atoms with Crippen molar-refractivity contribution in [2.24, 2.45) is 10.7 Å². The van der Waals surface area contributed by atoms with E-state index >= 15 is 0 Å². The molecule has 0 amide bonds. The Hall–Kier alpha value is -0.260. The van der Waals surface area contributed by atoms with Crippen LogP contribution in [0.15, 0.2) is 4.99 Å². The van der Waals surface area contributed by atoms with Crippen molar-refractivity contribution in [3.63, 3.8) is 0 Å². The molecule has 0 aromatic heterocycles. The van der Waals surface area contributed by atoms with E-state index in [1.807, 2.05) is 0 Å². The van der Waals surface area contributed by atoms with Crippen LogP contribution in [0.3, 0.4) is 0 Å². The van der Waals surface area contributed by atoms with Crippen LogP contribution in [0.1, 0.15) is 0 Å². The molecule has 0 radical (unpaired) electrons. The molecule has 5 heteroatoms. The highest BCUT2D eigenvalue weighted by molar-refractivity contribution is 7.98. The van der Waals surface area contributed by atoms with Crippen LogP contribution in [0, 0.1) is 0 Å². The first-order valence-corrected chi connectivity index (χ1v) is 5.36. The Morgan fingerprint density at radius 1 is 1.83 bits per heavy atom. The van der Waals surface area contributed by atoms with Crippen LogP contribution in [0.2, 0.25) is 0 Å². The van der Waals surface area contributed by atoms with E-state index in [1.54, 1.807) is 11.8 Å². The Balaban J connectivity index is 2.15. The lowest BCUT2D eigenvalue weighted by Gasteiger charge is -2.19. The summed E-state index contributed by atoms with van der Waals surface area (Å²) in [6, 6.07) is 0. The van der Waals surface area contributed by atoms with Gasteiger partial charge in [0.25, 0.3) is 0 Å². The van der Waals surface area contributed by atoms with Gasteiger partial charge in [-0.25, -0.2) is 0 Å². The Kier molecular flexibility index (Phi) is 4.42. The van der Waals surface area contributed by atoms with Crippen molar-refractivity contribution in [3.05, 3.63) is 0 Å². The van der Waals surface area contributed by atoms with Gasteiger partial charge in [-0.3, -0.25) is 10.3 Å². The lowest BCUT2D eigenvalue weighted by molar-refractivity contribution is 0.310. The summed E-state index contributed by atoms with van der Waals surface area (Å²) in [5, 5.41) is 3.07. The Labute approximate surface area is 76.9 Å². The first kappa shape index (κ1) is 9.83. The zero-order valence-electron chi connectivity index (χ0n) is 7.25. The van der Waals surface area contributed by atoms with Crippen LogP contribution < -0.4 is 11.1 Å². The minimum Gasteiger partial charge on any atom is -0.479 e. The monoisotopic (exact) mass is 189 g/mol. The highest BCUT2D eigenvalue weighted by atomic mass is 32.2. The van der Waals surface area contributed by atoms with Gasteiger partial charge in [-0.2, -0.15) is 11.8 Å². The summed E-state index contributed by atoms with van der Waals surface area (Å²) in [6.07, 6.45) is 2.05. The van der Waals surface area contributed by atoms with Crippen molar-refractivity contribution in [2.45, 2.75) is 6.17 Å². The largest absolute Gasteiger partial charge is 0.479 e. The second kappa shape index (κ2) is 5.40. The van der Waals surface area contributed by atoms with Crippen LogP contribution in [0.4, 0.5) is 0 Å². The molecule has 1 atom stereocenters. The van der Waals surface area contributed by atoms with Crippen LogP contribution in [-0.2, 0) is 4.74 Å². The van der Waals surface area contributed by atoms with Gasteiger partial charge in [0.2, 0.25) is 0 Å². The van der Waals surface area contributed by atoms with Gasteiger partial charge in [-0.15, -0.1) is 0 Å². The maximum atomic E-state index is 5.57. The van der Waals surface area contributed by atoms with Crippen LogP contribution >= 0.6 is 11.8 Å². The summed E-state index contributed by atoms with van der Waals surface area (Å²) in [4.78, 5) is 4.18. The molecular formula is C7H15N3OS. The number of ether oxygens (including phenoxy) is 1. The van der Waals surface area contributed by atoms with E-state index in [2.05, 4.69) is 16.6 Å². The summed E-state index contributed by atoms with van der Waals surface area (Å²) < 4.78 is 5.38. The normalized spacial score (nSPS) is 23.5. The summed E-state index contributed by atoms with van der Waals surface area (Å²) in [6.45, 7) is 2.01. The number of nitrogens with one attached hydrogen (secondary N) is 1. The predicted molar refractivity (Wildman–Crippen MR) is 52.6 cm³/mol. The fourth-order valence-corrected chi connectivity index (χ4v) is 1.13. The van der Waals surface area contributed by atoms with Gasteiger partial charge >= 0.3 is 0 Å². The quantitative estimate of drug-likeness (QED) is 0.596. The zero-order chi connectivity index (χ0) is 8.81. The third-order valence-corrected chi connectivity index (χ3v) is 2.11. The Morgan fingerprint density at radius 3 is 3.25 bits per heavy atom. The van der Waals surface area contributed by atoms with Gasteiger partial charge in [-0.05, 0) is 6.26 Å². The molecule has 0 saturated heterocycles. The summed E-state index contributed by atoms with van der Waals surface area (Å²) in [5.74, 6) is 1.79. The first-order chi connectivity index (χ1) is 5.83. The number of nitrogens with zero attached hydrogens (tertiary/aromatic N) is 1. The zero-order valence-corrected chi connectivity index (χ0v) is 8.06. The fourth-order valence-electron chi connectivity index (χ4n) is 0.879. The van der Waals surface area contributed by atoms with Gasteiger partial charge in [0, 0.05) is 5.75 Å². The van der Waals surface area contributed by atoms with Crippen molar-refractivity contribution in [2.75, 3.05) is 31.7 Å². The van der Waals surface area contributed by atoms with Crippen LogP contribution in [0.5, 0.6) is 0 Å². The van der Waals surface area contributed by atoms with Gasteiger partial charge in [0.05, 0.1) is 25.9 Å². The highest BCUT2D eigenvalue weighted by Crippen LogP contribution is 1.94. The average Bonchev–Trinajstić information content (AvgIpc) is 2.09. The van der Waals surface area contributed by atoms with E-state index < -0.39 is 0 Å². The van der Waals surface area contributed by atoms with Crippen molar-refractivity contribution >= 4 is 17.7 Å². The van der Waals surface area contributed by atoms with Crippen LogP contribution in [0.25, 0.3) is 0 Å². The molecule has 1 aliphatic rings. The third-order valence-electron chi connectivity index (χ3n) is 1.54. The van der Waals surface area contributed by atoms with Crippen molar-refractivity contribution in [3.8, 4) is 0 Å². The molecule has 0 aliphatic carbocycles. The van der Waals surface area contributed by atoms with Gasteiger partial charge in [0.15, 0.2) is 5.90 Å². The van der Waals surface area contributed by atoms with E-state index in [-0.39, 0.29) is 6.17 Å². The summed E-state index contributed by atoms with van der Waals surface area (Å²) >= 11 is 1.77. The average molecular weight is 189 g/mol. The van der Waals surface area contributed by atoms with Gasteiger partial charge in [0.1, 0.15) is 0 Å². The Morgan fingerprint density at radius 2 is 2.67 bits per heavy atom. The standard InChI is InChI=1S/C7H15N3OS/c1-12-3-2-11-7-5-9-6(8)4-10-7/h6,9H,2-5,8H2,1H3. The molecular weight excluding hydrogens is 174 g/mol. The van der Waals surface area contributed by atoms with Gasteiger partial charge < -0.3 is 10.5 Å². The van der Waals surface area contributed by atoms with Crippen molar-refractivity contribution < 1.29 is 4.74 Å². The lowest BCUT2D eigenvalue weighted by Crippen LogP contribution is -2.46. The molecule has 3 N–H and O–H groups in total. The van der Waals surface area contributed by atoms with E-state index in [9.17, 15) is 0 Å². The molecule has 0 bridgehead atoms. The molecule has 0 saturated carbocycles. The fraction of sp³-hybridized carbons (Fsp3) is 0.857. The Bertz CT molecular complexity index is 163. The number of rotatable bonds is 3. The van der Waals surface area contributed by atoms with Crippen LogP contribution in [-0.4, -0.2) is 43.8 Å². The molecule has 1 heterocycles. The third kappa shape index (κ3) is 3.42. The van der Waals surface area contributed by atoms with Crippen molar-refractivity contribution in [1.82, 2.24) is 5.32 Å². The molecule has 1 rings (SSSR count). The van der Waals surface area contributed by atoms with Crippen molar-refractivity contribution in [1.29, 1.82) is 0 Å². The number of aliphatic imine (C=N–C) groups is 1. The summed E-state index contributed by atoms with van der Waals surface area (Å²) in [7, 11) is 0. The predicted octanol–water partition coefficient (Wildman–Crippen LogP) is -0.347. The molecule has 12 heavy (non-hydrogen) atoms. The number of hydrogen-bond acceptors (Lipinski definition) is 5. The molecule has 70 valence electrons. The SMILES string of the molecule is CSCCOC1=NCC(N)NC1. The minimum absolute atomic E-state index is 0.00194. The molecule has 0 fully saturated rings. The first-order valence-electron chi connectivity index (χ1n) is 3.97. The second-order valence-electron chi connectivity index (χ2n) is 2.56. The highest BCUT2D eigenvalue weighted by Gasteiger charge is 2.10. The van der Waals surface area contributed by atoms with E-state index in [0.717, 1.165) is 18.3 Å². The van der Waals surface area contributed by atoms with E-state index in [4.69, 9.17) is 10.5 Å². The van der Waals surface area contributed by atoms with E-state index in [0.29, 0.717) is 13.1 Å². The number of thioether (sulfide) groups is 1. The lowest BCUT2D eigenvalue weighted by atomic mass is 10.4. The molecule has 1 aliphatic heterocycles. The van der Waals surface area contributed by atoms with Gasteiger partial charge in [-0.1, -0.05) is 0 Å². The maximum absolute atomic E-state index is 5.57. The number of hydrogen-bond donors (Lipinski definition) is 2. The molecule has 4 nitrogen and oxygen atoms in total. The smallest absolute Gasteiger partial charge is 0.197 e. The van der Waals surface area contributed by atoms with E-state index in [1.165, 1.54) is 0 Å². The molecule has 0 aromatic carbocycles. The number of nitrogens with two attached hydrogens (primary N) is 1. The minimum atomic E-state index is -0.00194. The molecule has 0 aromatic rings.